The molecule has 0 unspecified atom stereocenters. The number of carbonyl (C=O) groups excluding carboxylic acids is 1. The molecule has 0 radical (unpaired) electrons. The molecule has 31 heavy (non-hydrogen) atoms. The Morgan fingerprint density at radius 1 is 1.23 bits per heavy atom. The van der Waals surface area contributed by atoms with Crippen LogP contribution in [0.1, 0.15) is 27.3 Å². The van der Waals surface area contributed by atoms with Crippen LogP contribution in [0.4, 0.5) is 13.2 Å². The van der Waals surface area contributed by atoms with Crippen molar-refractivity contribution in [1.82, 2.24) is 19.7 Å². The van der Waals surface area contributed by atoms with Crippen molar-refractivity contribution in [1.29, 1.82) is 0 Å². The van der Waals surface area contributed by atoms with Gasteiger partial charge in [-0.25, -0.2) is 0 Å². The molecular weight excluding hydrogens is 433 g/mol. The number of halogens is 4. The summed E-state index contributed by atoms with van der Waals surface area (Å²) in [7, 11) is 0. The number of ether oxygens (including phenoxy) is 1. The molecule has 0 aliphatic carbocycles. The van der Waals surface area contributed by atoms with Gasteiger partial charge in [0.15, 0.2) is 0 Å². The predicted octanol–water partition coefficient (Wildman–Crippen LogP) is 4.38. The number of carbonyl (C=O) groups is 1. The molecule has 1 fully saturated rings. The summed E-state index contributed by atoms with van der Waals surface area (Å²) in [6, 6.07) is 6.45. The molecule has 1 amide bonds. The molecule has 1 saturated heterocycles. The van der Waals surface area contributed by atoms with Crippen molar-refractivity contribution in [2.45, 2.75) is 19.6 Å². The average Bonchev–Trinajstić information content (AvgIpc) is 3.34. The van der Waals surface area contributed by atoms with Crippen LogP contribution in [0.2, 0.25) is 5.02 Å². The van der Waals surface area contributed by atoms with Crippen molar-refractivity contribution >= 4 is 17.5 Å². The molecule has 1 N–H and O–H groups in total. The summed E-state index contributed by atoms with van der Waals surface area (Å²) in [5, 5.41) is 6.89. The van der Waals surface area contributed by atoms with Gasteiger partial charge in [-0.1, -0.05) is 23.7 Å². The van der Waals surface area contributed by atoms with E-state index in [9.17, 15) is 18.0 Å². The fourth-order valence-corrected chi connectivity index (χ4v) is 4.05. The Balaban J connectivity index is 1.97. The van der Waals surface area contributed by atoms with Gasteiger partial charge >= 0.3 is 6.18 Å². The van der Waals surface area contributed by atoms with E-state index in [1.54, 1.807) is 24.3 Å². The number of hydrogen-bond donors (Lipinski definition) is 1. The number of nitrogens with zero attached hydrogens (tertiary/aromatic N) is 3. The Morgan fingerprint density at radius 2 is 1.90 bits per heavy atom. The largest absolute Gasteiger partial charge is 0.431 e. The minimum atomic E-state index is -4.65. The summed E-state index contributed by atoms with van der Waals surface area (Å²) >= 11 is 5.98. The van der Waals surface area contributed by atoms with Crippen molar-refractivity contribution in [3.63, 3.8) is 0 Å². The monoisotopic (exact) mass is 452 g/mol. The lowest BCUT2D eigenvalue weighted by Gasteiger charge is -2.28. The van der Waals surface area contributed by atoms with Crippen molar-refractivity contribution in [2.24, 2.45) is 0 Å². The average molecular weight is 453 g/mol. The first-order valence-corrected chi connectivity index (χ1v) is 10.1. The highest BCUT2D eigenvalue weighted by Crippen LogP contribution is 2.42. The number of aromatic amines is 1. The van der Waals surface area contributed by atoms with Crippen molar-refractivity contribution in [3.8, 4) is 11.1 Å². The molecule has 4 rings (SSSR count). The van der Waals surface area contributed by atoms with Crippen molar-refractivity contribution in [2.75, 3.05) is 26.3 Å². The SMILES string of the molecule is Cc1c(-c2ccc(Cl)cc2)c(C(=O)N2CCOCC2)n(Cc2cn[nH]c2)c1C(F)(F)F. The highest BCUT2D eigenvalue weighted by Gasteiger charge is 2.42. The van der Waals surface area contributed by atoms with Gasteiger partial charge < -0.3 is 14.2 Å². The summed E-state index contributed by atoms with van der Waals surface area (Å²) in [5.41, 5.74) is 0.415. The van der Waals surface area contributed by atoms with E-state index in [1.807, 2.05) is 0 Å². The van der Waals surface area contributed by atoms with Gasteiger partial charge in [-0.15, -0.1) is 0 Å². The topological polar surface area (TPSA) is 63.1 Å². The summed E-state index contributed by atoms with van der Waals surface area (Å²) in [6.07, 6.45) is -1.70. The smallest absolute Gasteiger partial charge is 0.378 e. The van der Waals surface area contributed by atoms with Crippen molar-refractivity contribution < 1.29 is 22.7 Å². The van der Waals surface area contributed by atoms with Crippen LogP contribution in [0.15, 0.2) is 36.7 Å². The normalized spacial score (nSPS) is 14.8. The van der Waals surface area contributed by atoms with E-state index in [0.717, 1.165) is 4.57 Å². The molecule has 3 aromatic rings. The Bertz CT molecular complexity index is 1070. The van der Waals surface area contributed by atoms with Crippen LogP contribution in [-0.2, 0) is 17.5 Å². The Kier molecular flexibility index (Phi) is 5.81. The summed E-state index contributed by atoms with van der Waals surface area (Å²) in [5.74, 6) is -0.463. The molecule has 164 valence electrons. The van der Waals surface area contributed by atoms with Crippen LogP contribution in [0.3, 0.4) is 0 Å². The summed E-state index contributed by atoms with van der Waals surface area (Å²) < 4.78 is 49.0. The quantitative estimate of drug-likeness (QED) is 0.639. The molecule has 0 atom stereocenters. The third-order valence-corrected chi connectivity index (χ3v) is 5.56. The number of hydrogen-bond acceptors (Lipinski definition) is 3. The molecule has 6 nitrogen and oxygen atoms in total. The number of morpholine rings is 1. The van der Waals surface area contributed by atoms with Crippen LogP contribution in [0.5, 0.6) is 0 Å². The van der Waals surface area contributed by atoms with Gasteiger partial charge in [0, 0.05) is 35.4 Å². The lowest BCUT2D eigenvalue weighted by atomic mass is 10.00. The molecule has 1 aliphatic rings. The number of rotatable bonds is 4. The molecule has 2 aromatic heterocycles. The predicted molar refractivity (Wildman–Crippen MR) is 109 cm³/mol. The van der Waals surface area contributed by atoms with E-state index >= 15 is 0 Å². The molecule has 1 aromatic carbocycles. The van der Waals surface area contributed by atoms with E-state index in [0.29, 0.717) is 42.5 Å². The van der Waals surface area contributed by atoms with Gasteiger partial charge in [0.1, 0.15) is 11.4 Å². The number of H-pyrrole nitrogens is 1. The molecule has 3 heterocycles. The van der Waals surface area contributed by atoms with Crippen LogP contribution in [-0.4, -0.2) is 51.9 Å². The number of alkyl halides is 3. The van der Waals surface area contributed by atoms with Gasteiger partial charge in [0.25, 0.3) is 5.91 Å². The van der Waals surface area contributed by atoms with Gasteiger partial charge in [-0.2, -0.15) is 18.3 Å². The van der Waals surface area contributed by atoms with Gasteiger partial charge in [-0.05, 0) is 30.2 Å². The standard InChI is InChI=1S/C21H20ClF3N4O2/c1-13-17(15-2-4-16(22)5-3-15)18(20(30)28-6-8-31-9-7-28)29(19(13)21(23,24)25)12-14-10-26-27-11-14/h2-5,10-11H,6-9,12H2,1H3,(H,26,27). The first-order valence-electron chi connectivity index (χ1n) is 9.68. The molecular formula is C21H20ClF3N4O2. The Morgan fingerprint density at radius 3 is 2.48 bits per heavy atom. The Hall–Kier alpha value is -2.78. The maximum Gasteiger partial charge on any atom is 0.431 e. The summed E-state index contributed by atoms with van der Waals surface area (Å²) in [6.45, 7) is 2.57. The molecule has 0 bridgehead atoms. The van der Waals surface area contributed by atoms with E-state index in [1.165, 1.54) is 24.2 Å². The van der Waals surface area contributed by atoms with Crippen LogP contribution >= 0.6 is 11.6 Å². The zero-order chi connectivity index (χ0) is 22.2. The minimum Gasteiger partial charge on any atom is -0.378 e. The molecule has 1 aliphatic heterocycles. The van der Waals surface area contributed by atoms with Gasteiger partial charge in [0.2, 0.25) is 0 Å². The highest BCUT2D eigenvalue weighted by molar-refractivity contribution is 6.30. The fourth-order valence-electron chi connectivity index (χ4n) is 3.92. The Labute approximate surface area is 181 Å². The van der Waals surface area contributed by atoms with E-state index in [-0.39, 0.29) is 23.4 Å². The number of benzene rings is 1. The summed E-state index contributed by atoms with van der Waals surface area (Å²) in [4.78, 5) is 15.1. The van der Waals surface area contributed by atoms with E-state index < -0.39 is 17.8 Å². The maximum absolute atomic E-state index is 14.2. The highest BCUT2D eigenvalue weighted by atomic mass is 35.5. The molecule has 10 heteroatoms. The first kappa shape index (κ1) is 21.5. The zero-order valence-corrected chi connectivity index (χ0v) is 17.4. The third kappa shape index (κ3) is 4.20. The van der Waals surface area contributed by atoms with E-state index in [2.05, 4.69) is 10.2 Å². The molecule has 0 spiro atoms. The van der Waals surface area contributed by atoms with E-state index in [4.69, 9.17) is 16.3 Å². The van der Waals surface area contributed by atoms with Crippen LogP contribution < -0.4 is 0 Å². The van der Waals surface area contributed by atoms with Crippen LogP contribution in [0, 0.1) is 6.92 Å². The minimum absolute atomic E-state index is 0.00440. The fraction of sp³-hybridized carbons (Fsp3) is 0.333. The second kappa shape index (κ2) is 8.39. The lowest BCUT2D eigenvalue weighted by Crippen LogP contribution is -2.41. The first-order chi connectivity index (χ1) is 14.8. The number of amides is 1. The third-order valence-electron chi connectivity index (χ3n) is 5.30. The van der Waals surface area contributed by atoms with Crippen molar-refractivity contribution in [3.05, 3.63) is 64.2 Å². The van der Waals surface area contributed by atoms with Gasteiger partial charge in [-0.3, -0.25) is 9.89 Å². The molecule has 0 saturated carbocycles. The van der Waals surface area contributed by atoms with Crippen LogP contribution in [0.25, 0.3) is 11.1 Å². The zero-order valence-electron chi connectivity index (χ0n) is 16.7. The number of nitrogens with one attached hydrogen (secondary N) is 1. The van der Waals surface area contributed by atoms with Gasteiger partial charge in [0.05, 0.1) is 26.0 Å². The maximum atomic E-state index is 14.2. The second-order valence-electron chi connectivity index (χ2n) is 7.30. The second-order valence-corrected chi connectivity index (χ2v) is 7.74. The number of aromatic nitrogens is 3. The lowest BCUT2D eigenvalue weighted by molar-refractivity contribution is -0.143.